The first-order chi connectivity index (χ1) is 16.1. The number of amides is 1. The number of nitrogens with one attached hydrogen (secondary N) is 1. The molecule has 3 aromatic rings. The molecule has 1 heterocycles. The van der Waals surface area contributed by atoms with Crippen LogP contribution < -0.4 is 14.4 Å². The molecule has 6 nitrogen and oxygen atoms in total. The summed E-state index contributed by atoms with van der Waals surface area (Å²) in [5, 5.41) is 3.03. The first-order valence-electron chi connectivity index (χ1n) is 11.3. The van der Waals surface area contributed by atoms with Crippen LogP contribution in [0.4, 0.5) is 5.69 Å². The molecule has 4 rings (SSSR count). The molecule has 0 fully saturated rings. The Morgan fingerprint density at radius 1 is 0.971 bits per heavy atom. The van der Waals surface area contributed by atoms with Gasteiger partial charge in [-0.2, -0.15) is 0 Å². The number of carbonyl (C=O) groups excluding carboxylic acids is 1. The number of nitrogens with zero attached hydrogens (tertiary/aromatic N) is 1. The molecule has 3 aromatic carbocycles. The SMILES string of the molecule is Cc1ccc2c(c1)O[C@@H](C(=O)N[C@H](C)c1cc(C)c(C)cc1C)CN2S(=O)(=O)c1ccccc1. The molecule has 2 atom stereocenters. The van der Waals surface area contributed by atoms with Crippen molar-refractivity contribution >= 4 is 21.6 Å². The number of carbonyl (C=O) groups is 1. The van der Waals surface area contributed by atoms with Gasteiger partial charge >= 0.3 is 0 Å². The van der Waals surface area contributed by atoms with Crippen LogP contribution in [0.1, 0.15) is 40.8 Å². The monoisotopic (exact) mass is 478 g/mol. The van der Waals surface area contributed by atoms with E-state index >= 15 is 0 Å². The molecule has 0 unspecified atom stereocenters. The average molecular weight is 479 g/mol. The quantitative estimate of drug-likeness (QED) is 0.574. The molecule has 34 heavy (non-hydrogen) atoms. The van der Waals surface area contributed by atoms with Crippen molar-refractivity contribution in [2.75, 3.05) is 10.8 Å². The van der Waals surface area contributed by atoms with Crippen molar-refractivity contribution in [2.45, 2.75) is 51.7 Å². The Hall–Kier alpha value is -3.32. The fourth-order valence-electron chi connectivity index (χ4n) is 4.28. The first kappa shape index (κ1) is 23.8. The van der Waals surface area contributed by atoms with Gasteiger partial charge in [0.2, 0.25) is 0 Å². The maximum atomic E-state index is 13.5. The fraction of sp³-hybridized carbons (Fsp3) is 0.296. The third kappa shape index (κ3) is 4.53. The largest absolute Gasteiger partial charge is 0.476 e. The molecule has 0 aliphatic carbocycles. The summed E-state index contributed by atoms with van der Waals surface area (Å²) in [6.07, 6.45) is -0.984. The van der Waals surface area contributed by atoms with Gasteiger partial charge in [-0.05, 0) is 86.7 Å². The summed E-state index contributed by atoms with van der Waals surface area (Å²) in [5.74, 6) is 0.0199. The smallest absolute Gasteiger partial charge is 0.264 e. The van der Waals surface area contributed by atoms with Crippen molar-refractivity contribution in [3.8, 4) is 5.75 Å². The van der Waals surface area contributed by atoms with Crippen LogP contribution in [-0.4, -0.2) is 27.0 Å². The molecule has 0 saturated carbocycles. The van der Waals surface area contributed by atoms with E-state index in [9.17, 15) is 13.2 Å². The zero-order chi connectivity index (χ0) is 24.6. The van der Waals surface area contributed by atoms with Crippen LogP contribution in [0.15, 0.2) is 65.6 Å². The minimum absolute atomic E-state index is 0.113. The Morgan fingerprint density at radius 2 is 1.65 bits per heavy atom. The molecule has 1 amide bonds. The summed E-state index contributed by atoms with van der Waals surface area (Å²) in [5.41, 5.74) is 5.81. The predicted octanol–water partition coefficient (Wildman–Crippen LogP) is 4.75. The van der Waals surface area contributed by atoms with Gasteiger partial charge < -0.3 is 10.1 Å². The average Bonchev–Trinajstić information content (AvgIpc) is 2.80. The van der Waals surface area contributed by atoms with Gasteiger partial charge in [-0.25, -0.2) is 8.42 Å². The number of ether oxygens (including phenoxy) is 1. The first-order valence-corrected chi connectivity index (χ1v) is 12.7. The highest BCUT2D eigenvalue weighted by Crippen LogP contribution is 2.38. The Labute approximate surface area is 201 Å². The molecule has 0 radical (unpaired) electrons. The van der Waals surface area contributed by atoms with Gasteiger partial charge in [-0.1, -0.05) is 36.4 Å². The molecule has 0 aromatic heterocycles. The summed E-state index contributed by atoms with van der Waals surface area (Å²) >= 11 is 0. The van der Waals surface area contributed by atoms with Gasteiger partial charge in [0.25, 0.3) is 15.9 Å². The number of fused-ring (bicyclic) bond motifs is 1. The van der Waals surface area contributed by atoms with E-state index in [2.05, 4.69) is 24.4 Å². The Morgan fingerprint density at radius 3 is 2.35 bits per heavy atom. The summed E-state index contributed by atoms with van der Waals surface area (Å²) in [7, 11) is -3.88. The van der Waals surface area contributed by atoms with E-state index in [1.807, 2.05) is 33.8 Å². The second kappa shape index (κ2) is 9.14. The highest BCUT2D eigenvalue weighted by molar-refractivity contribution is 7.92. The fourth-order valence-corrected chi connectivity index (χ4v) is 5.78. The summed E-state index contributed by atoms with van der Waals surface area (Å²) in [6.45, 7) is 9.84. The van der Waals surface area contributed by atoms with Crippen LogP contribution in [0, 0.1) is 27.7 Å². The number of anilines is 1. The Kier molecular flexibility index (Phi) is 6.41. The lowest BCUT2D eigenvalue weighted by atomic mass is 9.96. The van der Waals surface area contributed by atoms with Gasteiger partial charge in [0.05, 0.1) is 23.2 Å². The maximum absolute atomic E-state index is 13.5. The highest BCUT2D eigenvalue weighted by atomic mass is 32.2. The summed E-state index contributed by atoms with van der Waals surface area (Å²) < 4.78 is 34.3. The highest BCUT2D eigenvalue weighted by Gasteiger charge is 2.38. The lowest BCUT2D eigenvalue weighted by molar-refractivity contribution is -0.128. The van der Waals surface area contributed by atoms with E-state index in [0.29, 0.717) is 11.4 Å². The number of aryl methyl sites for hydroxylation is 4. The normalized spacial score (nSPS) is 16.4. The van der Waals surface area contributed by atoms with Crippen molar-refractivity contribution in [2.24, 2.45) is 0 Å². The van der Waals surface area contributed by atoms with E-state index < -0.39 is 16.1 Å². The van der Waals surface area contributed by atoms with E-state index in [0.717, 1.165) is 22.3 Å². The van der Waals surface area contributed by atoms with Crippen LogP contribution in [0.25, 0.3) is 0 Å². The van der Waals surface area contributed by atoms with Crippen molar-refractivity contribution in [1.82, 2.24) is 5.32 Å². The molecular weight excluding hydrogens is 448 g/mol. The number of hydrogen-bond donors (Lipinski definition) is 1. The van der Waals surface area contributed by atoms with E-state index in [1.165, 1.54) is 9.87 Å². The molecular formula is C27H30N2O4S. The Balaban J connectivity index is 1.64. The second-order valence-corrected chi connectivity index (χ2v) is 10.8. The third-order valence-electron chi connectivity index (χ3n) is 6.32. The van der Waals surface area contributed by atoms with Crippen molar-refractivity contribution in [1.29, 1.82) is 0 Å². The minimum atomic E-state index is -3.88. The topological polar surface area (TPSA) is 75.7 Å². The second-order valence-electron chi connectivity index (χ2n) is 8.95. The predicted molar refractivity (Wildman–Crippen MR) is 134 cm³/mol. The van der Waals surface area contributed by atoms with Gasteiger partial charge in [0, 0.05) is 0 Å². The van der Waals surface area contributed by atoms with Crippen molar-refractivity contribution < 1.29 is 17.9 Å². The zero-order valence-electron chi connectivity index (χ0n) is 20.1. The van der Waals surface area contributed by atoms with Crippen molar-refractivity contribution in [3.05, 3.63) is 88.5 Å². The lowest BCUT2D eigenvalue weighted by Crippen LogP contribution is -2.51. The zero-order valence-corrected chi connectivity index (χ0v) is 20.9. The molecule has 1 aliphatic rings. The van der Waals surface area contributed by atoms with Gasteiger partial charge in [0.1, 0.15) is 5.75 Å². The van der Waals surface area contributed by atoms with E-state index in [1.54, 1.807) is 42.5 Å². The van der Waals surface area contributed by atoms with Crippen LogP contribution in [-0.2, 0) is 14.8 Å². The maximum Gasteiger partial charge on any atom is 0.264 e. The molecule has 0 saturated heterocycles. The summed E-state index contributed by atoms with van der Waals surface area (Å²) in [4.78, 5) is 13.5. The minimum Gasteiger partial charge on any atom is -0.476 e. The van der Waals surface area contributed by atoms with Crippen LogP contribution >= 0.6 is 0 Å². The molecule has 1 aliphatic heterocycles. The number of hydrogen-bond acceptors (Lipinski definition) is 4. The molecule has 0 bridgehead atoms. The van der Waals surface area contributed by atoms with Crippen LogP contribution in [0.2, 0.25) is 0 Å². The molecule has 7 heteroatoms. The number of rotatable bonds is 5. The van der Waals surface area contributed by atoms with Crippen LogP contribution in [0.3, 0.4) is 0 Å². The summed E-state index contributed by atoms with van der Waals surface area (Å²) in [6, 6.07) is 17.5. The number of benzene rings is 3. The Bertz CT molecular complexity index is 1340. The van der Waals surface area contributed by atoms with Crippen LogP contribution in [0.5, 0.6) is 5.75 Å². The van der Waals surface area contributed by atoms with E-state index in [-0.39, 0.29) is 23.4 Å². The lowest BCUT2D eigenvalue weighted by Gasteiger charge is -2.35. The number of sulfonamides is 1. The van der Waals surface area contributed by atoms with Crippen molar-refractivity contribution in [3.63, 3.8) is 0 Å². The van der Waals surface area contributed by atoms with Gasteiger partial charge in [-0.3, -0.25) is 9.10 Å². The van der Waals surface area contributed by atoms with Gasteiger partial charge in [0.15, 0.2) is 6.10 Å². The third-order valence-corrected chi connectivity index (χ3v) is 8.11. The molecule has 178 valence electrons. The molecule has 0 spiro atoms. The standard InChI is InChI=1S/C27H30N2O4S/c1-17-11-12-24-25(13-17)33-26(16-29(24)34(31,32)22-9-7-6-8-10-22)27(30)28-21(5)23-15-19(3)18(2)14-20(23)4/h6-15,21,26H,16H2,1-5H3,(H,28,30)/t21-,26-/m1/s1. The molecule has 1 N–H and O–H groups in total. The van der Waals surface area contributed by atoms with E-state index in [4.69, 9.17) is 4.74 Å². The van der Waals surface area contributed by atoms with Gasteiger partial charge in [-0.15, -0.1) is 0 Å².